The van der Waals surface area contributed by atoms with Crippen molar-refractivity contribution < 1.29 is 14.3 Å². The van der Waals surface area contributed by atoms with E-state index in [0.29, 0.717) is 6.61 Å². The first kappa shape index (κ1) is 12.1. The summed E-state index contributed by atoms with van der Waals surface area (Å²) in [5, 5.41) is 0. The van der Waals surface area contributed by atoms with E-state index < -0.39 is 11.4 Å². The highest BCUT2D eigenvalue weighted by Crippen LogP contribution is 2.50. The van der Waals surface area contributed by atoms with Crippen LogP contribution in [-0.4, -0.2) is 25.3 Å². The van der Waals surface area contributed by atoms with Crippen LogP contribution >= 0.6 is 0 Å². The van der Waals surface area contributed by atoms with E-state index >= 15 is 0 Å². The minimum absolute atomic E-state index is 0.0407. The smallest absolute Gasteiger partial charge is 0.267 e. The van der Waals surface area contributed by atoms with E-state index in [4.69, 9.17) is 9.47 Å². The molecule has 3 aliphatic heterocycles. The maximum atomic E-state index is 12.7. The highest BCUT2D eigenvalue weighted by atomic mass is 16.7. The molecule has 3 aliphatic rings. The van der Waals surface area contributed by atoms with Crippen molar-refractivity contribution in [1.29, 1.82) is 0 Å². The monoisotopic (exact) mass is 271 g/mol. The summed E-state index contributed by atoms with van der Waals surface area (Å²) < 4.78 is 12.1. The zero-order valence-corrected chi connectivity index (χ0v) is 11.5. The Kier molecular flexibility index (Phi) is 2.38. The summed E-state index contributed by atoms with van der Waals surface area (Å²) in [4.78, 5) is 14.4. The quantitative estimate of drug-likeness (QED) is 0.680. The van der Waals surface area contributed by atoms with Gasteiger partial charge in [0.2, 0.25) is 0 Å². The summed E-state index contributed by atoms with van der Waals surface area (Å²) in [6.45, 7) is 0.687. The lowest BCUT2D eigenvalue weighted by Gasteiger charge is -2.35. The Morgan fingerprint density at radius 3 is 2.85 bits per heavy atom. The molecular formula is C16H17NO3. The number of carbonyl (C=O) groups is 1. The van der Waals surface area contributed by atoms with E-state index in [9.17, 15) is 4.79 Å². The minimum atomic E-state index is -0.997. The molecule has 2 spiro atoms. The second kappa shape index (κ2) is 3.93. The molecule has 0 saturated carbocycles. The van der Waals surface area contributed by atoms with Gasteiger partial charge in [-0.1, -0.05) is 18.2 Å². The molecule has 1 saturated heterocycles. The first-order valence-corrected chi connectivity index (χ1v) is 7.09. The van der Waals surface area contributed by atoms with E-state index in [0.717, 1.165) is 30.5 Å². The van der Waals surface area contributed by atoms with Crippen molar-refractivity contribution in [2.24, 2.45) is 0 Å². The third-order valence-corrected chi connectivity index (χ3v) is 4.46. The van der Waals surface area contributed by atoms with Crippen LogP contribution in [0, 0.1) is 0 Å². The van der Waals surface area contributed by atoms with Gasteiger partial charge in [0, 0.05) is 19.0 Å². The molecule has 1 aromatic rings. The standard InChI is InChI=1S/C16H17NO3/c1-17-13-7-3-2-6-12(13)16(14(17)18)10-9-15(20-16)8-4-5-11-19-15/h2-3,6-7,9-10H,4-5,8,11H2,1H3/t15-,16+/m0/s1. The molecule has 3 heterocycles. The van der Waals surface area contributed by atoms with Gasteiger partial charge in [-0.25, -0.2) is 0 Å². The summed E-state index contributed by atoms with van der Waals surface area (Å²) in [7, 11) is 1.79. The number of anilines is 1. The SMILES string of the molecule is CN1C(=O)[C@@]2(C=C[C@]3(CCCCO3)O2)c2ccccc21. The lowest BCUT2D eigenvalue weighted by molar-refractivity contribution is -0.249. The number of benzene rings is 1. The molecule has 0 bridgehead atoms. The Bertz CT molecular complexity index is 603. The average Bonchev–Trinajstić information content (AvgIpc) is 2.95. The van der Waals surface area contributed by atoms with Gasteiger partial charge >= 0.3 is 0 Å². The Hall–Kier alpha value is -1.65. The number of hydrogen-bond donors (Lipinski definition) is 0. The highest BCUT2D eigenvalue weighted by molar-refractivity contribution is 6.08. The fourth-order valence-electron chi connectivity index (χ4n) is 3.40. The molecule has 1 amide bonds. The molecule has 1 aromatic carbocycles. The average molecular weight is 271 g/mol. The summed E-state index contributed by atoms with van der Waals surface area (Å²) in [6, 6.07) is 7.79. The van der Waals surface area contributed by atoms with E-state index in [-0.39, 0.29) is 5.91 Å². The molecule has 0 N–H and O–H groups in total. The molecular weight excluding hydrogens is 254 g/mol. The zero-order valence-electron chi connectivity index (χ0n) is 11.5. The highest BCUT2D eigenvalue weighted by Gasteiger charge is 2.57. The Morgan fingerprint density at radius 1 is 1.20 bits per heavy atom. The predicted molar refractivity (Wildman–Crippen MR) is 74.3 cm³/mol. The molecule has 0 aromatic heterocycles. The van der Waals surface area contributed by atoms with E-state index in [1.165, 1.54) is 0 Å². The third-order valence-electron chi connectivity index (χ3n) is 4.46. The molecule has 104 valence electrons. The number of amides is 1. The van der Waals surface area contributed by atoms with Crippen LogP contribution in [0.5, 0.6) is 0 Å². The van der Waals surface area contributed by atoms with Crippen molar-refractivity contribution in [3.05, 3.63) is 42.0 Å². The maximum absolute atomic E-state index is 12.7. The second-order valence-corrected chi connectivity index (χ2v) is 5.67. The first-order chi connectivity index (χ1) is 9.67. The van der Waals surface area contributed by atoms with Gasteiger partial charge in [0.05, 0.1) is 12.3 Å². The fraction of sp³-hybridized carbons (Fsp3) is 0.438. The number of fused-ring (bicyclic) bond motifs is 2. The van der Waals surface area contributed by atoms with Crippen molar-refractivity contribution in [3.63, 3.8) is 0 Å². The zero-order chi connectivity index (χ0) is 13.8. The molecule has 4 rings (SSSR count). The van der Waals surface area contributed by atoms with Gasteiger partial charge in [-0.3, -0.25) is 4.79 Å². The van der Waals surface area contributed by atoms with Crippen LogP contribution in [0.3, 0.4) is 0 Å². The van der Waals surface area contributed by atoms with Crippen molar-refractivity contribution in [1.82, 2.24) is 0 Å². The van der Waals surface area contributed by atoms with Gasteiger partial charge in [0.1, 0.15) is 0 Å². The Balaban J connectivity index is 1.79. The van der Waals surface area contributed by atoms with Crippen LogP contribution in [0.25, 0.3) is 0 Å². The Morgan fingerprint density at radius 2 is 2.05 bits per heavy atom. The molecule has 1 fully saturated rings. The number of carbonyl (C=O) groups excluding carboxylic acids is 1. The second-order valence-electron chi connectivity index (χ2n) is 5.67. The molecule has 4 nitrogen and oxygen atoms in total. The van der Waals surface area contributed by atoms with Gasteiger partial charge in [-0.2, -0.15) is 0 Å². The van der Waals surface area contributed by atoms with Gasteiger partial charge in [0.25, 0.3) is 5.91 Å². The van der Waals surface area contributed by atoms with Crippen LogP contribution in [0.1, 0.15) is 24.8 Å². The molecule has 20 heavy (non-hydrogen) atoms. The van der Waals surface area contributed by atoms with Crippen molar-refractivity contribution >= 4 is 11.6 Å². The molecule has 2 atom stereocenters. The summed E-state index contributed by atoms with van der Waals surface area (Å²) in [5.41, 5.74) is 0.827. The normalized spacial score (nSPS) is 35.2. The number of hydrogen-bond acceptors (Lipinski definition) is 3. The van der Waals surface area contributed by atoms with Gasteiger partial charge in [0.15, 0.2) is 11.4 Å². The Labute approximate surface area is 118 Å². The predicted octanol–water partition coefficient (Wildman–Crippen LogP) is 2.34. The largest absolute Gasteiger partial charge is 0.346 e. The minimum Gasteiger partial charge on any atom is -0.346 e. The molecule has 0 radical (unpaired) electrons. The van der Waals surface area contributed by atoms with E-state index in [1.807, 2.05) is 36.4 Å². The van der Waals surface area contributed by atoms with Crippen LogP contribution in [0.4, 0.5) is 5.69 Å². The summed E-state index contributed by atoms with van der Waals surface area (Å²) in [6.07, 6.45) is 6.73. The van der Waals surface area contributed by atoms with Crippen LogP contribution in [0.15, 0.2) is 36.4 Å². The lowest BCUT2D eigenvalue weighted by Crippen LogP contribution is -2.44. The number of nitrogens with zero attached hydrogens (tertiary/aromatic N) is 1. The maximum Gasteiger partial charge on any atom is 0.267 e. The topological polar surface area (TPSA) is 38.8 Å². The van der Waals surface area contributed by atoms with Crippen molar-refractivity contribution in [3.8, 4) is 0 Å². The van der Waals surface area contributed by atoms with Crippen LogP contribution < -0.4 is 4.90 Å². The molecule has 4 heteroatoms. The number of likely N-dealkylation sites (N-methyl/N-ethyl adjacent to an activating group) is 1. The fourth-order valence-corrected chi connectivity index (χ4v) is 3.40. The molecule has 0 unspecified atom stereocenters. The lowest BCUT2D eigenvalue weighted by atomic mass is 9.96. The third kappa shape index (κ3) is 1.41. The van der Waals surface area contributed by atoms with Gasteiger partial charge < -0.3 is 14.4 Å². The summed E-state index contributed by atoms with van der Waals surface area (Å²) >= 11 is 0. The summed E-state index contributed by atoms with van der Waals surface area (Å²) in [5.74, 6) is -0.757. The van der Waals surface area contributed by atoms with E-state index in [2.05, 4.69) is 0 Å². The van der Waals surface area contributed by atoms with E-state index in [1.54, 1.807) is 11.9 Å². The van der Waals surface area contributed by atoms with Crippen molar-refractivity contribution in [2.75, 3.05) is 18.6 Å². The van der Waals surface area contributed by atoms with Gasteiger partial charge in [-0.05, 0) is 31.1 Å². The number of ether oxygens (including phenoxy) is 2. The van der Waals surface area contributed by atoms with Crippen LogP contribution in [0.2, 0.25) is 0 Å². The number of para-hydroxylation sites is 1. The first-order valence-electron chi connectivity index (χ1n) is 7.09. The molecule has 0 aliphatic carbocycles. The van der Waals surface area contributed by atoms with Gasteiger partial charge in [-0.15, -0.1) is 0 Å². The number of rotatable bonds is 0. The van der Waals surface area contributed by atoms with Crippen molar-refractivity contribution in [2.45, 2.75) is 30.7 Å². The van der Waals surface area contributed by atoms with Crippen LogP contribution in [-0.2, 0) is 19.9 Å².